The van der Waals surface area contributed by atoms with Crippen molar-refractivity contribution in [3.63, 3.8) is 0 Å². The molecule has 1 aliphatic rings. The number of carbonyl (C=O) groups excluding carboxylic acids is 1. The number of hydrazone groups is 1. The van der Waals surface area contributed by atoms with Crippen LogP contribution in [-0.4, -0.2) is 30.8 Å². The summed E-state index contributed by atoms with van der Waals surface area (Å²) in [5, 5.41) is 6.22. The lowest BCUT2D eigenvalue weighted by Crippen LogP contribution is -2.27. The quantitative estimate of drug-likeness (QED) is 0.624. The Bertz CT molecular complexity index is 1190. The third kappa shape index (κ3) is 4.67. The summed E-state index contributed by atoms with van der Waals surface area (Å²) in [6, 6.07) is 25.8. The van der Waals surface area contributed by atoms with Crippen LogP contribution in [0.4, 0.5) is 5.69 Å². The van der Waals surface area contributed by atoms with Gasteiger partial charge in [0.25, 0.3) is 5.91 Å². The number of hydrogen-bond acceptors (Lipinski definition) is 4. The van der Waals surface area contributed by atoms with E-state index in [9.17, 15) is 13.2 Å². The van der Waals surface area contributed by atoms with Gasteiger partial charge in [0.05, 0.1) is 17.5 Å². The normalized spacial score (nSPS) is 16.1. The molecule has 3 aromatic carbocycles. The average Bonchev–Trinajstić information content (AvgIpc) is 3.25. The molecule has 6 nitrogen and oxygen atoms in total. The molecule has 0 unspecified atom stereocenters. The first-order valence-corrected chi connectivity index (χ1v) is 11.7. The highest BCUT2D eigenvalue weighted by Crippen LogP contribution is 2.34. The van der Waals surface area contributed by atoms with Gasteiger partial charge in [-0.3, -0.25) is 9.52 Å². The highest BCUT2D eigenvalue weighted by molar-refractivity contribution is 7.92. The highest BCUT2D eigenvalue weighted by atomic mass is 32.2. The van der Waals surface area contributed by atoms with Crippen LogP contribution in [0.2, 0.25) is 0 Å². The molecule has 0 bridgehead atoms. The van der Waals surface area contributed by atoms with Crippen LogP contribution < -0.4 is 4.72 Å². The number of hydrogen-bond donors (Lipinski definition) is 1. The van der Waals surface area contributed by atoms with Crippen molar-refractivity contribution in [1.82, 2.24) is 5.01 Å². The monoisotopic (exact) mass is 433 g/mol. The van der Waals surface area contributed by atoms with E-state index in [0.717, 1.165) is 16.8 Å². The molecule has 4 rings (SSSR count). The molecule has 1 aliphatic heterocycles. The Morgan fingerprint density at radius 2 is 1.58 bits per heavy atom. The third-order valence-electron chi connectivity index (χ3n) is 5.20. The first-order chi connectivity index (χ1) is 15.0. The number of amides is 1. The lowest BCUT2D eigenvalue weighted by atomic mass is 9.98. The van der Waals surface area contributed by atoms with E-state index >= 15 is 0 Å². The van der Waals surface area contributed by atoms with E-state index in [-0.39, 0.29) is 17.7 Å². The number of rotatable bonds is 6. The maximum absolute atomic E-state index is 13.2. The van der Waals surface area contributed by atoms with Crippen LogP contribution in [0.3, 0.4) is 0 Å². The van der Waals surface area contributed by atoms with E-state index < -0.39 is 10.0 Å². The molecule has 0 saturated carbocycles. The SMILES string of the molecule is CCS(=O)(=O)Nc1ccc(C2=NN(C(=O)c3ccccc3)[C@H](c3ccccc3)C2)cc1. The number of anilines is 1. The topological polar surface area (TPSA) is 78.8 Å². The maximum Gasteiger partial charge on any atom is 0.274 e. The van der Waals surface area contributed by atoms with Crippen molar-refractivity contribution in [3.05, 3.63) is 102 Å². The minimum Gasteiger partial charge on any atom is -0.284 e. The summed E-state index contributed by atoms with van der Waals surface area (Å²) in [6.45, 7) is 1.59. The van der Waals surface area contributed by atoms with Gasteiger partial charge < -0.3 is 0 Å². The number of benzene rings is 3. The molecule has 3 aromatic rings. The summed E-state index contributed by atoms with van der Waals surface area (Å²) >= 11 is 0. The number of nitrogens with one attached hydrogen (secondary N) is 1. The summed E-state index contributed by atoms with van der Waals surface area (Å²) in [5.74, 6) is -0.145. The molecular formula is C24H23N3O3S. The van der Waals surface area contributed by atoms with Gasteiger partial charge in [0.2, 0.25) is 10.0 Å². The van der Waals surface area contributed by atoms with E-state index in [4.69, 9.17) is 0 Å². The minimum atomic E-state index is -3.33. The van der Waals surface area contributed by atoms with Gasteiger partial charge in [0.15, 0.2) is 0 Å². The summed E-state index contributed by atoms with van der Waals surface area (Å²) in [7, 11) is -3.33. The van der Waals surface area contributed by atoms with Crippen molar-refractivity contribution in [2.45, 2.75) is 19.4 Å². The van der Waals surface area contributed by atoms with E-state index in [2.05, 4.69) is 9.82 Å². The second-order valence-electron chi connectivity index (χ2n) is 7.28. The van der Waals surface area contributed by atoms with Gasteiger partial charge in [0.1, 0.15) is 0 Å². The standard InChI is InChI=1S/C24H23N3O3S/c1-2-31(29,30)26-21-15-13-18(14-16-21)22-17-23(19-9-5-3-6-10-19)27(25-22)24(28)20-11-7-4-8-12-20/h3-16,23,26H,2,17H2,1H3/t23-/m0/s1. The van der Waals surface area contributed by atoms with Crippen molar-refractivity contribution >= 4 is 27.3 Å². The lowest BCUT2D eigenvalue weighted by Gasteiger charge is -2.22. The zero-order valence-electron chi connectivity index (χ0n) is 17.1. The number of sulfonamides is 1. The fourth-order valence-corrected chi connectivity index (χ4v) is 4.14. The Morgan fingerprint density at radius 3 is 2.19 bits per heavy atom. The predicted octanol–water partition coefficient (Wildman–Crippen LogP) is 4.44. The fraction of sp³-hybridized carbons (Fsp3) is 0.167. The molecule has 158 valence electrons. The molecule has 1 atom stereocenters. The van der Waals surface area contributed by atoms with E-state index in [1.807, 2.05) is 60.7 Å². The first kappa shape index (κ1) is 20.8. The van der Waals surface area contributed by atoms with Crippen molar-refractivity contribution in [2.24, 2.45) is 5.10 Å². The Hall–Kier alpha value is -3.45. The van der Waals surface area contributed by atoms with E-state index in [1.54, 1.807) is 36.2 Å². The van der Waals surface area contributed by atoms with E-state index in [0.29, 0.717) is 17.7 Å². The lowest BCUT2D eigenvalue weighted by molar-refractivity contribution is 0.0711. The Morgan fingerprint density at radius 1 is 0.968 bits per heavy atom. The summed E-state index contributed by atoms with van der Waals surface area (Å²) < 4.78 is 26.1. The van der Waals surface area contributed by atoms with Crippen LogP contribution >= 0.6 is 0 Å². The van der Waals surface area contributed by atoms with Crippen LogP contribution in [0.15, 0.2) is 90.0 Å². The molecule has 1 N–H and O–H groups in total. The Labute approximate surface area is 182 Å². The Balaban J connectivity index is 1.64. The zero-order valence-corrected chi connectivity index (χ0v) is 17.9. The number of carbonyl (C=O) groups is 1. The summed E-state index contributed by atoms with van der Waals surface area (Å²) in [6.07, 6.45) is 0.572. The molecule has 0 saturated heterocycles. The van der Waals surface area contributed by atoms with Crippen molar-refractivity contribution in [1.29, 1.82) is 0 Å². The largest absolute Gasteiger partial charge is 0.284 e. The van der Waals surface area contributed by atoms with Crippen LogP contribution in [-0.2, 0) is 10.0 Å². The van der Waals surface area contributed by atoms with Crippen LogP contribution in [0.5, 0.6) is 0 Å². The van der Waals surface area contributed by atoms with Gasteiger partial charge in [-0.15, -0.1) is 0 Å². The van der Waals surface area contributed by atoms with Crippen molar-refractivity contribution < 1.29 is 13.2 Å². The van der Waals surface area contributed by atoms with Crippen LogP contribution in [0.1, 0.15) is 40.9 Å². The average molecular weight is 434 g/mol. The van der Waals surface area contributed by atoms with Gasteiger partial charge >= 0.3 is 0 Å². The third-order valence-corrected chi connectivity index (χ3v) is 6.50. The minimum absolute atomic E-state index is 0.0107. The van der Waals surface area contributed by atoms with Crippen LogP contribution in [0.25, 0.3) is 0 Å². The summed E-state index contributed by atoms with van der Waals surface area (Å²) in [4.78, 5) is 13.2. The molecular weight excluding hydrogens is 410 g/mol. The second-order valence-corrected chi connectivity index (χ2v) is 9.29. The molecule has 31 heavy (non-hydrogen) atoms. The van der Waals surface area contributed by atoms with Gasteiger partial charge in [-0.2, -0.15) is 5.10 Å². The zero-order chi connectivity index (χ0) is 21.8. The van der Waals surface area contributed by atoms with Gasteiger partial charge in [-0.05, 0) is 42.3 Å². The molecule has 7 heteroatoms. The first-order valence-electron chi connectivity index (χ1n) is 10.1. The predicted molar refractivity (Wildman–Crippen MR) is 122 cm³/mol. The molecule has 1 amide bonds. The second kappa shape index (κ2) is 8.73. The molecule has 0 fully saturated rings. The van der Waals surface area contributed by atoms with E-state index in [1.165, 1.54) is 0 Å². The maximum atomic E-state index is 13.2. The highest BCUT2D eigenvalue weighted by Gasteiger charge is 2.33. The summed E-state index contributed by atoms with van der Waals surface area (Å²) in [5.41, 5.74) is 3.73. The smallest absolute Gasteiger partial charge is 0.274 e. The van der Waals surface area contributed by atoms with Gasteiger partial charge in [-0.1, -0.05) is 60.7 Å². The molecule has 0 aromatic heterocycles. The molecule has 0 radical (unpaired) electrons. The molecule has 0 aliphatic carbocycles. The molecule has 1 heterocycles. The number of nitrogens with zero attached hydrogens (tertiary/aromatic N) is 2. The Kier molecular flexibility index (Phi) is 5.86. The molecule has 0 spiro atoms. The fourth-order valence-electron chi connectivity index (χ4n) is 3.50. The van der Waals surface area contributed by atoms with Crippen molar-refractivity contribution in [3.8, 4) is 0 Å². The van der Waals surface area contributed by atoms with Crippen molar-refractivity contribution in [2.75, 3.05) is 10.5 Å². The van der Waals surface area contributed by atoms with Gasteiger partial charge in [0, 0.05) is 17.7 Å². The van der Waals surface area contributed by atoms with Gasteiger partial charge in [-0.25, -0.2) is 13.4 Å². The van der Waals surface area contributed by atoms with Crippen LogP contribution in [0, 0.1) is 0 Å².